The van der Waals surface area contributed by atoms with E-state index in [9.17, 15) is 0 Å². The number of aromatic nitrogens is 3. The number of nitrogens with one attached hydrogen (secondary N) is 1. The highest BCUT2D eigenvalue weighted by Gasteiger charge is 2.21. The van der Waals surface area contributed by atoms with Gasteiger partial charge in [-0.3, -0.25) is 0 Å². The second kappa shape index (κ2) is 5.87. The maximum Gasteiger partial charge on any atom is 0.223 e. The van der Waals surface area contributed by atoms with Crippen molar-refractivity contribution in [3.05, 3.63) is 33.5 Å². The Kier molecular flexibility index (Phi) is 3.96. The van der Waals surface area contributed by atoms with Crippen LogP contribution in [0.2, 0.25) is 0 Å². The number of nitrogens with zero attached hydrogens (tertiary/aromatic N) is 3. The minimum Gasteiger partial charge on any atom is -0.354 e. The van der Waals surface area contributed by atoms with Crippen LogP contribution in [-0.4, -0.2) is 21.5 Å². The summed E-state index contributed by atoms with van der Waals surface area (Å²) < 4.78 is 0. The van der Waals surface area contributed by atoms with E-state index in [1.165, 1.54) is 29.8 Å². The van der Waals surface area contributed by atoms with E-state index in [-0.39, 0.29) is 0 Å². The normalized spacial score (nSPS) is 15.1. The third kappa shape index (κ3) is 2.98. The highest BCUT2D eigenvalue weighted by Crippen LogP contribution is 2.35. The summed E-state index contributed by atoms with van der Waals surface area (Å²) in [5, 5.41) is 3.35. The molecule has 3 rings (SSSR count). The molecule has 2 aromatic rings. The van der Waals surface area contributed by atoms with Crippen LogP contribution in [0.25, 0.3) is 0 Å². The first kappa shape index (κ1) is 13.5. The molecule has 0 amide bonds. The lowest BCUT2D eigenvalue weighted by molar-refractivity contribution is 0.410. The van der Waals surface area contributed by atoms with E-state index in [0.29, 0.717) is 5.92 Å². The van der Waals surface area contributed by atoms with Gasteiger partial charge in [-0.25, -0.2) is 15.0 Å². The topological polar surface area (TPSA) is 50.7 Å². The number of anilines is 1. The van der Waals surface area contributed by atoms with Crippen LogP contribution in [0.4, 0.5) is 5.95 Å². The Morgan fingerprint density at radius 3 is 2.80 bits per heavy atom. The van der Waals surface area contributed by atoms with Crippen LogP contribution < -0.4 is 5.32 Å². The van der Waals surface area contributed by atoms with Gasteiger partial charge in [0.15, 0.2) is 0 Å². The van der Waals surface area contributed by atoms with E-state index in [4.69, 9.17) is 0 Å². The molecule has 0 spiro atoms. The Bertz CT molecular complexity index is 589. The summed E-state index contributed by atoms with van der Waals surface area (Å²) in [6, 6.07) is 2.13. The maximum atomic E-state index is 4.66. The van der Waals surface area contributed by atoms with Crippen LogP contribution in [-0.2, 0) is 6.42 Å². The maximum absolute atomic E-state index is 4.66. The van der Waals surface area contributed by atoms with Gasteiger partial charge in [-0.15, -0.1) is 11.3 Å². The molecule has 0 unspecified atom stereocenters. The average molecular weight is 288 g/mol. The lowest BCUT2D eigenvalue weighted by Crippen LogP contribution is -2.14. The van der Waals surface area contributed by atoms with E-state index in [0.717, 1.165) is 30.3 Å². The van der Waals surface area contributed by atoms with Gasteiger partial charge in [0.05, 0.1) is 11.2 Å². The number of hydrogen-bond donors (Lipinski definition) is 1. The van der Waals surface area contributed by atoms with Gasteiger partial charge in [0.2, 0.25) is 5.95 Å². The smallest absolute Gasteiger partial charge is 0.223 e. The molecular weight excluding hydrogens is 268 g/mol. The van der Waals surface area contributed by atoms with Gasteiger partial charge in [-0.05, 0) is 32.8 Å². The van der Waals surface area contributed by atoms with Crippen molar-refractivity contribution in [1.82, 2.24) is 15.0 Å². The van der Waals surface area contributed by atoms with Crippen molar-refractivity contribution in [2.75, 3.05) is 11.9 Å². The Labute approximate surface area is 123 Å². The van der Waals surface area contributed by atoms with Crippen molar-refractivity contribution in [2.45, 2.75) is 45.4 Å². The minimum atomic E-state index is 0.654. The Hall–Kier alpha value is -1.49. The van der Waals surface area contributed by atoms with Gasteiger partial charge in [0.1, 0.15) is 0 Å². The van der Waals surface area contributed by atoms with Gasteiger partial charge in [0.25, 0.3) is 0 Å². The Morgan fingerprint density at radius 2 is 2.15 bits per heavy atom. The monoisotopic (exact) mass is 288 g/mol. The van der Waals surface area contributed by atoms with Crippen molar-refractivity contribution >= 4 is 17.3 Å². The summed E-state index contributed by atoms with van der Waals surface area (Å²) in [5.74, 6) is 1.43. The fourth-order valence-corrected chi connectivity index (χ4v) is 3.22. The number of aryl methyl sites for hydroxylation is 2. The lowest BCUT2D eigenvalue weighted by Gasteiger charge is -2.25. The van der Waals surface area contributed by atoms with E-state index in [1.807, 2.05) is 12.4 Å². The summed E-state index contributed by atoms with van der Waals surface area (Å²) in [6.07, 6.45) is 4.86. The molecule has 1 N–H and O–H groups in total. The quantitative estimate of drug-likeness (QED) is 0.915. The first-order valence-electron chi connectivity index (χ1n) is 7.21. The zero-order valence-corrected chi connectivity index (χ0v) is 12.8. The van der Waals surface area contributed by atoms with Crippen LogP contribution in [0.1, 0.15) is 47.1 Å². The first-order chi connectivity index (χ1) is 9.72. The van der Waals surface area contributed by atoms with Crippen LogP contribution in [0.5, 0.6) is 0 Å². The fraction of sp³-hybridized carbons (Fsp3) is 0.533. The Morgan fingerprint density at radius 1 is 1.30 bits per heavy atom. The molecule has 1 saturated carbocycles. The largest absolute Gasteiger partial charge is 0.354 e. The van der Waals surface area contributed by atoms with Gasteiger partial charge < -0.3 is 5.32 Å². The molecule has 0 aromatic carbocycles. The second-order valence-corrected chi connectivity index (χ2v) is 6.36. The van der Waals surface area contributed by atoms with E-state index in [1.54, 1.807) is 11.3 Å². The zero-order valence-electron chi connectivity index (χ0n) is 12.0. The van der Waals surface area contributed by atoms with Crippen molar-refractivity contribution in [2.24, 2.45) is 0 Å². The molecule has 5 heteroatoms. The highest BCUT2D eigenvalue weighted by molar-refractivity contribution is 7.09. The molecule has 2 aromatic heterocycles. The SMILES string of the molecule is Cc1cc(C2CCC2)nc(NCCc2scnc2C)n1. The molecule has 0 radical (unpaired) electrons. The third-order valence-electron chi connectivity index (χ3n) is 3.88. The van der Waals surface area contributed by atoms with E-state index < -0.39 is 0 Å². The summed E-state index contributed by atoms with van der Waals surface area (Å²) in [4.78, 5) is 14.8. The molecule has 106 valence electrons. The van der Waals surface area contributed by atoms with Crippen molar-refractivity contribution in [1.29, 1.82) is 0 Å². The molecule has 4 nitrogen and oxygen atoms in total. The van der Waals surface area contributed by atoms with Crippen molar-refractivity contribution in [3.8, 4) is 0 Å². The van der Waals surface area contributed by atoms with Gasteiger partial charge in [-0.1, -0.05) is 6.42 Å². The molecule has 0 aliphatic heterocycles. The van der Waals surface area contributed by atoms with Gasteiger partial charge in [-0.2, -0.15) is 0 Å². The molecule has 0 bridgehead atoms. The highest BCUT2D eigenvalue weighted by atomic mass is 32.1. The summed E-state index contributed by atoms with van der Waals surface area (Å²) >= 11 is 1.72. The van der Waals surface area contributed by atoms with E-state index >= 15 is 0 Å². The van der Waals surface area contributed by atoms with Crippen molar-refractivity contribution in [3.63, 3.8) is 0 Å². The third-order valence-corrected chi connectivity index (χ3v) is 4.87. The van der Waals surface area contributed by atoms with Gasteiger partial charge in [0, 0.05) is 35.1 Å². The molecule has 20 heavy (non-hydrogen) atoms. The predicted octanol–water partition coefficient (Wildman–Crippen LogP) is 3.47. The predicted molar refractivity (Wildman–Crippen MR) is 82.4 cm³/mol. The molecule has 2 heterocycles. The molecule has 0 saturated heterocycles. The minimum absolute atomic E-state index is 0.654. The van der Waals surface area contributed by atoms with E-state index in [2.05, 4.69) is 33.3 Å². The van der Waals surface area contributed by atoms with Crippen LogP contribution in [0.3, 0.4) is 0 Å². The standard InChI is InChI=1S/C15H20N4S/c1-10-8-13(12-4-3-5-12)19-15(18-10)16-7-6-14-11(2)17-9-20-14/h8-9,12H,3-7H2,1-2H3,(H,16,18,19). The average Bonchev–Trinajstić information content (AvgIpc) is 2.72. The van der Waals surface area contributed by atoms with Crippen LogP contribution in [0.15, 0.2) is 11.6 Å². The lowest BCUT2D eigenvalue weighted by atomic mass is 9.83. The number of rotatable bonds is 5. The second-order valence-electron chi connectivity index (χ2n) is 5.42. The molecule has 1 aliphatic carbocycles. The van der Waals surface area contributed by atoms with Crippen LogP contribution in [0, 0.1) is 13.8 Å². The molecular formula is C15H20N4S. The summed E-state index contributed by atoms with van der Waals surface area (Å²) in [6.45, 7) is 4.96. The first-order valence-corrected chi connectivity index (χ1v) is 8.09. The van der Waals surface area contributed by atoms with Crippen molar-refractivity contribution < 1.29 is 0 Å². The summed E-state index contributed by atoms with van der Waals surface area (Å²) in [7, 11) is 0. The molecule has 1 aliphatic rings. The van der Waals surface area contributed by atoms with Crippen LogP contribution >= 0.6 is 11.3 Å². The number of hydrogen-bond acceptors (Lipinski definition) is 5. The fourth-order valence-electron chi connectivity index (χ4n) is 2.44. The molecule has 1 fully saturated rings. The Balaban J connectivity index is 1.62. The molecule has 0 atom stereocenters. The number of thiazole rings is 1. The van der Waals surface area contributed by atoms with Gasteiger partial charge >= 0.3 is 0 Å². The summed E-state index contributed by atoms with van der Waals surface area (Å²) in [5.41, 5.74) is 5.30. The zero-order chi connectivity index (χ0) is 13.9.